The average Bonchev–Trinajstić information content (AvgIpc) is 2.66. The van der Waals surface area contributed by atoms with E-state index in [0.29, 0.717) is 38.4 Å². The van der Waals surface area contributed by atoms with E-state index in [-0.39, 0.29) is 6.09 Å². The van der Waals surface area contributed by atoms with Crippen LogP contribution in [0.4, 0.5) is 4.79 Å². The second kappa shape index (κ2) is 8.32. The highest BCUT2D eigenvalue weighted by Gasteiger charge is 2.27. The predicted octanol–water partition coefficient (Wildman–Crippen LogP) is 2.83. The fraction of sp³-hybridized carbons (Fsp3) is 0.524. The van der Waals surface area contributed by atoms with Gasteiger partial charge in [-0.05, 0) is 44.4 Å². The van der Waals surface area contributed by atoms with Crippen LogP contribution < -0.4 is 4.74 Å². The summed E-state index contributed by atoms with van der Waals surface area (Å²) < 4.78 is 10.7. The molecule has 2 aromatic rings. The number of nitrogens with zero attached hydrogens (tertiary/aromatic N) is 3. The third-order valence-electron chi connectivity index (χ3n) is 4.77. The van der Waals surface area contributed by atoms with Gasteiger partial charge in [-0.1, -0.05) is 6.07 Å². The number of benzene rings is 1. The molecule has 1 aromatic carbocycles. The Balaban J connectivity index is 1.63. The molecule has 0 spiro atoms. The van der Waals surface area contributed by atoms with Gasteiger partial charge in [0.15, 0.2) is 0 Å². The normalized spacial score (nSPS) is 16.8. The van der Waals surface area contributed by atoms with Crippen LogP contribution in [0.1, 0.15) is 32.6 Å². The molecule has 1 aliphatic heterocycles. The Bertz CT molecular complexity index is 826. The van der Waals surface area contributed by atoms with E-state index in [1.807, 2.05) is 45.0 Å². The molecule has 1 aromatic heterocycles. The van der Waals surface area contributed by atoms with E-state index in [2.05, 4.69) is 9.88 Å². The Morgan fingerprint density at radius 1 is 1.21 bits per heavy atom. The molecule has 1 atom stereocenters. The minimum atomic E-state index is -0.719. The summed E-state index contributed by atoms with van der Waals surface area (Å²) in [7, 11) is 1.62. The second-order valence-electron chi connectivity index (χ2n) is 8.07. The van der Waals surface area contributed by atoms with Gasteiger partial charge in [-0.25, -0.2) is 4.79 Å². The molecule has 7 nitrogen and oxygen atoms in total. The van der Waals surface area contributed by atoms with Crippen molar-refractivity contribution in [3.8, 4) is 5.75 Å². The Labute approximate surface area is 165 Å². The van der Waals surface area contributed by atoms with Gasteiger partial charge in [-0.2, -0.15) is 0 Å². The lowest BCUT2D eigenvalue weighted by molar-refractivity contribution is 0.00996. The monoisotopic (exact) mass is 387 g/mol. The van der Waals surface area contributed by atoms with Crippen molar-refractivity contribution in [2.24, 2.45) is 0 Å². The Morgan fingerprint density at radius 3 is 2.57 bits per heavy atom. The number of aliphatic hydroxyl groups is 1. The molecular formula is C21H29N3O4. The van der Waals surface area contributed by atoms with Gasteiger partial charge in [0.1, 0.15) is 17.5 Å². The lowest BCUT2D eigenvalue weighted by Gasteiger charge is -2.36. The number of hydrogen-bond donors (Lipinski definition) is 1. The van der Waals surface area contributed by atoms with Gasteiger partial charge in [-0.3, -0.25) is 9.88 Å². The molecule has 2 heterocycles. The van der Waals surface area contributed by atoms with E-state index in [4.69, 9.17) is 9.47 Å². The summed E-state index contributed by atoms with van der Waals surface area (Å²) in [6.07, 6.45) is 0.716. The Kier molecular flexibility index (Phi) is 6.05. The maximum absolute atomic E-state index is 12.2. The fourth-order valence-electron chi connectivity index (χ4n) is 3.33. The third kappa shape index (κ3) is 4.91. The van der Waals surface area contributed by atoms with E-state index in [9.17, 15) is 9.90 Å². The molecule has 152 valence electrons. The molecule has 0 aliphatic carbocycles. The molecule has 1 unspecified atom stereocenters. The van der Waals surface area contributed by atoms with Gasteiger partial charge < -0.3 is 19.5 Å². The number of amides is 1. The van der Waals surface area contributed by atoms with E-state index in [0.717, 1.165) is 16.5 Å². The van der Waals surface area contributed by atoms with Gasteiger partial charge >= 0.3 is 6.09 Å². The number of hydrogen-bond acceptors (Lipinski definition) is 6. The van der Waals surface area contributed by atoms with Crippen LogP contribution in [0.3, 0.4) is 0 Å². The number of ether oxygens (including phenoxy) is 2. The number of carbonyl (C=O) groups is 1. The Hall–Kier alpha value is -2.38. The molecule has 3 rings (SSSR count). The highest BCUT2D eigenvalue weighted by atomic mass is 16.6. The van der Waals surface area contributed by atoms with E-state index in [1.54, 1.807) is 18.2 Å². The molecule has 1 N–H and O–H groups in total. The summed E-state index contributed by atoms with van der Waals surface area (Å²) in [5.41, 5.74) is 0.150. The SMILES string of the molecule is COc1ccc2ccnc(C(O)CN3CCN(C(=O)OC(C)(C)C)CC3)c2c1. The van der Waals surface area contributed by atoms with E-state index in [1.165, 1.54) is 0 Å². The van der Waals surface area contributed by atoms with Gasteiger partial charge in [0, 0.05) is 44.3 Å². The molecular weight excluding hydrogens is 358 g/mol. The van der Waals surface area contributed by atoms with Crippen molar-refractivity contribution in [2.45, 2.75) is 32.5 Å². The predicted molar refractivity (Wildman–Crippen MR) is 108 cm³/mol. The molecule has 0 bridgehead atoms. The van der Waals surface area contributed by atoms with Crippen LogP contribution in [-0.2, 0) is 4.74 Å². The van der Waals surface area contributed by atoms with Crippen LogP contribution in [0.2, 0.25) is 0 Å². The Morgan fingerprint density at radius 2 is 1.93 bits per heavy atom. The number of rotatable bonds is 4. The first kappa shape index (κ1) is 20.4. The maximum atomic E-state index is 12.2. The van der Waals surface area contributed by atoms with Crippen LogP contribution >= 0.6 is 0 Å². The molecule has 1 amide bonds. The van der Waals surface area contributed by atoms with Gasteiger partial charge in [-0.15, -0.1) is 0 Å². The zero-order valence-electron chi connectivity index (χ0n) is 17.0. The van der Waals surface area contributed by atoms with Crippen molar-refractivity contribution in [1.29, 1.82) is 0 Å². The number of methoxy groups -OCH3 is 1. The van der Waals surface area contributed by atoms with Crippen molar-refractivity contribution < 1.29 is 19.4 Å². The number of fused-ring (bicyclic) bond motifs is 1. The number of aromatic nitrogens is 1. The number of pyridine rings is 1. The number of piperazine rings is 1. The van der Waals surface area contributed by atoms with Crippen molar-refractivity contribution >= 4 is 16.9 Å². The number of aliphatic hydroxyl groups excluding tert-OH is 1. The lowest BCUT2D eigenvalue weighted by Crippen LogP contribution is -2.50. The molecule has 0 saturated carbocycles. The van der Waals surface area contributed by atoms with E-state index < -0.39 is 11.7 Å². The topological polar surface area (TPSA) is 75.1 Å². The zero-order valence-corrected chi connectivity index (χ0v) is 17.0. The standard InChI is InChI=1S/C21H29N3O4/c1-21(2,3)28-20(26)24-11-9-23(10-12-24)14-18(25)19-17-13-16(27-4)6-5-15(17)7-8-22-19/h5-8,13,18,25H,9-12,14H2,1-4H3. The first-order valence-electron chi connectivity index (χ1n) is 9.58. The largest absolute Gasteiger partial charge is 0.497 e. The van der Waals surface area contributed by atoms with Crippen LogP contribution in [0.15, 0.2) is 30.5 Å². The molecule has 1 saturated heterocycles. The highest BCUT2D eigenvalue weighted by Crippen LogP contribution is 2.27. The van der Waals surface area contributed by atoms with Gasteiger partial charge in [0.2, 0.25) is 0 Å². The summed E-state index contributed by atoms with van der Waals surface area (Å²) in [6.45, 7) is 8.59. The van der Waals surface area contributed by atoms with Crippen LogP contribution in [-0.4, -0.2) is 71.4 Å². The van der Waals surface area contributed by atoms with Crippen molar-refractivity contribution in [3.05, 3.63) is 36.2 Å². The average molecular weight is 387 g/mol. The summed E-state index contributed by atoms with van der Waals surface area (Å²) in [5, 5.41) is 12.7. The van der Waals surface area contributed by atoms with Crippen molar-refractivity contribution in [3.63, 3.8) is 0 Å². The van der Waals surface area contributed by atoms with Gasteiger partial charge in [0.05, 0.1) is 12.8 Å². The number of carbonyl (C=O) groups excluding carboxylic acids is 1. The minimum absolute atomic E-state index is 0.282. The number of β-amino-alcohol motifs (C(OH)–C–C–N with tert-alkyl or cyclic N) is 1. The zero-order chi connectivity index (χ0) is 20.3. The lowest BCUT2D eigenvalue weighted by atomic mass is 10.1. The molecule has 28 heavy (non-hydrogen) atoms. The fourth-order valence-corrected chi connectivity index (χ4v) is 3.33. The highest BCUT2D eigenvalue weighted by molar-refractivity contribution is 5.86. The summed E-state index contributed by atoms with van der Waals surface area (Å²) in [4.78, 5) is 20.5. The molecule has 1 fully saturated rings. The first-order chi connectivity index (χ1) is 13.3. The van der Waals surface area contributed by atoms with Crippen molar-refractivity contribution in [2.75, 3.05) is 39.8 Å². The first-order valence-corrected chi connectivity index (χ1v) is 9.58. The molecule has 7 heteroatoms. The van der Waals surface area contributed by atoms with Crippen LogP contribution in [0.5, 0.6) is 5.75 Å². The van der Waals surface area contributed by atoms with E-state index >= 15 is 0 Å². The smallest absolute Gasteiger partial charge is 0.410 e. The third-order valence-corrected chi connectivity index (χ3v) is 4.77. The minimum Gasteiger partial charge on any atom is -0.497 e. The van der Waals surface area contributed by atoms with Crippen LogP contribution in [0.25, 0.3) is 10.8 Å². The second-order valence-corrected chi connectivity index (χ2v) is 8.07. The summed E-state index contributed by atoms with van der Waals surface area (Å²) in [6, 6.07) is 7.69. The van der Waals surface area contributed by atoms with Crippen molar-refractivity contribution in [1.82, 2.24) is 14.8 Å². The summed E-state index contributed by atoms with van der Waals surface area (Å²) >= 11 is 0. The molecule has 0 radical (unpaired) electrons. The maximum Gasteiger partial charge on any atom is 0.410 e. The summed E-state index contributed by atoms with van der Waals surface area (Å²) in [5.74, 6) is 0.736. The molecule has 1 aliphatic rings. The van der Waals surface area contributed by atoms with Crippen LogP contribution in [0, 0.1) is 0 Å². The van der Waals surface area contributed by atoms with Gasteiger partial charge in [0.25, 0.3) is 0 Å². The quantitative estimate of drug-likeness (QED) is 0.870.